The molecule has 7 heteroatoms. The van der Waals surface area contributed by atoms with E-state index in [1.807, 2.05) is 18.2 Å². The highest BCUT2D eigenvalue weighted by atomic mass is 16.5. The number of nitrogens with one attached hydrogen (secondary N) is 2. The number of urea groups is 1. The number of carbonyl (C=O) groups is 2. The van der Waals surface area contributed by atoms with Crippen LogP contribution in [0.5, 0.6) is 5.75 Å². The zero-order valence-corrected chi connectivity index (χ0v) is 12.8. The Bertz CT molecular complexity index is 535. The van der Waals surface area contributed by atoms with Crippen LogP contribution in [-0.4, -0.2) is 51.9 Å². The molecular weight excluding hydrogens is 286 g/mol. The number of carbonyl (C=O) groups excluding carboxylic acids is 2. The average Bonchev–Trinajstić information content (AvgIpc) is 2.88. The fraction of sp³-hybridized carbons (Fsp3) is 0.467. The van der Waals surface area contributed by atoms with Crippen LogP contribution in [0, 0.1) is 0 Å². The molecule has 1 heterocycles. The Balaban J connectivity index is 1.91. The van der Waals surface area contributed by atoms with Gasteiger partial charge in [0.25, 0.3) is 0 Å². The van der Waals surface area contributed by atoms with E-state index in [9.17, 15) is 9.59 Å². The highest BCUT2D eigenvalue weighted by Gasteiger charge is 2.31. The SMILES string of the molecule is COCCNC(=O)NC1CC(=O)N(c2cccc(OC)c2)C1. The quantitative estimate of drug-likeness (QED) is 0.760. The summed E-state index contributed by atoms with van der Waals surface area (Å²) in [4.78, 5) is 25.5. The molecule has 2 N–H and O–H groups in total. The molecule has 1 unspecified atom stereocenters. The summed E-state index contributed by atoms with van der Waals surface area (Å²) in [6, 6.07) is 6.81. The molecule has 0 aromatic heterocycles. The molecule has 1 fully saturated rings. The highest BCUT2D eigenvalue weighted by Crippen LogP contribution is 2.25. The van der Waals surface area contributed by atoms with Gasteiger partial charge in [0.2, 0.25) is 5.91 Å². The largest absolute Gasteiger partial charge is 0.497 e. The van der Waals surface area contributed by atoms with Crippen molar-refractivity contribution in [3.05, 3.63) is 24.3 Å². The molecule has 1 aliphatic heterocycles. The minimum Gasteiger partial charge on any atom is -0.497 e. The first kappa shape index (κ1) is 16.1. The van der Waals surface area contributed by atoms with E-state index in [4.69, 9.17) is 9.47 Å². The van der Waals surface area contributed by atoms with E-state index < -0.39 is 0 Å². The van der Waals surface area contributed by atoms with E-state index >= 15 is 0 Å². The Labute approximate surface area is 129 Å². The number of hydrogen-bond donors (Lipinski definition) is 2. The summed E-state index contributed by atoms with van der Waals surface area (Å²) in [5.74, 6) is 0.675. The third kappa shape index (κ3) is 4.11. The van der Waals surface area contributed by atoms with Gasteiger partial charge in [-0.05, 0) is 12.1 Å². The van der Waals surface area contributed by atoms with E-state index in [1.54, 1.807) is 25.2 Å². The van der Waals surface area contributed by atoms with Gasteiger partial charge in [-0.3, -0.25) is 4.79 Å². The molecule has 0 aliphatic carbocycles. The van der Waals surface area contributed by atoms with Crippen LogP contribution in [0.15, 0.2) is 24.3 Å². The number of hydrogen-bond acceptors (Lipinski definition) is 4. The van der Waals surface area contributed by atoms with Crippen molar-refractivity contribution in [1.82, 2.24) is 10.6 Å². The molecule has 1 saturated heterocycles. The monoisotopic (exact) mass is 307 g/mol. The van der Waals surface area contributed by atoms with Crippen molar-refractivity contribution in [2.75, 3.05) is 38.8 Å². The van der Waals surface area contributed by atoms with Crippen LogP contribution in [0.1, 0.15) is 6.42 Å². The van der Waals surface area contributed by atoms with Crippen LogP contribution >= 0.6 is 0 Å². The fourth-order valence-corrected chi connectivity index (χ4v) is 2.34. The summed E-state index contributed by atoms with van der Waals surface area (Å²) in [7, 11) is 3.15. The fourth-order valence-electron chi connectivity index (χ4n) is 2.34. The highest BCUT2D eigenvalue weighted by molar-refractivity contribution is 5.97. The topological polar surface area (TPSA) is 79.9 Å². The van der Waals surface area contributed by atoms with Gasteiger partial charge in [0, 0.05) is 38.4 Å². The molecule has 1 aliphatic rings. The van der Waals surface area contributed by atoms with Crippen molar-refractivity contribution in [3.63, 3.8) is 0 Å². The predicted molar refractivity (Wildman–Crippen MR) is 82.2 cm³/mol. The standard InChI is InChI=1S/C15H21N3O4/c1-21-7-6-16-15(20)17-11-8-14(19)18(10-11)12-4-3-5-13(9-12)22-2/h3-5,9,11H,6-8,10H2,1-2H3,(H2,16,17,20). The van der Waals surface area contributed by atoms with Gasteiger partial charge in [0.05, 0.1) is 19.8 Å². The number of ether oxygens (including phenoxy) is 2. The van der Waals surface area contributed by atoms with Crippen LogP contribution in [0.3, 0.4) is 0 Å². The number of benzene rings is 1. The number of methoxy groups -OCH3 is 2. The molecule has 1 aromatic rings. The van der Waals surface area contributed by atoms with Crippen LogP contribution in [0.4, 0.5) is 10.5 Å². The van der Waals surface area contributed by atoms with Crippen molar-refractivity contribution in [1.29, 1.82) is 0 Å². The minimum atomic E-state index is -0.289. The Morgan fingerprint density at radius 1 is 1.41 bits per heavy atom. The molecule has 2 rings (SSSR count). The van der Waals surface area contributed by atoms with Gasteiger partial charge in [0.1, 0.15) is 5.75 Å². The van der Waals surface area contributed by atoms with Gasteiger partial charge < -0.3 is 25.0 Å². The molecule has 3 amide bonds. The van der Waals surface area contributed by atoms with E-state index in [-0.39, 0.29) is 24.4 Å². The number of rotatable bonds is 6. The zero-order valence-electron chi connectivity index (χ0n) is 12.8. The maximum Gasteiger partial charge on any atom is 0.315 e. The smallest absolute Gasteiger partial charge is 0.315 e. The molecular formula is C15H21N3O4. The van der Waals surface area contributed by atoms with Crippen molar-refractivity contribution < 1.29 is 19.1 Å². The Morgan fingerprint density at radius 3 is 2.95 bits per heavy atom. The van der Waals surface area contributed by atoms with Crippen LogP contribution in [-0.2, 0) is 9.53 Å². The summed E-state index contributed by atoms with van der Waals surface area (Å²) in [6.45, 7) is 1.33. The van der Waals surface area contributed by atoms with E-state index in [2.05, 4.69) is 10.6 Å². The van der Waals surface area contributed by atoms with Crippen molar-refractivity contribution >= 4 is 17.6 Å². The number of anilines is 1. The summed E-state index contributed by atoms with van der Waals surface area (Å²) < 4.78 is 10.0. The van der Waals surface area contributed by atoms with Crippen molar-refractivity contribution in [3.8, 4) is 5.75 Å². The number of nitrogens with zero attached hydrogens (tertiary/aromatic N) is 1. The normalized spacial score (nSPS) is 17.5. The van der Waals surface area contributed by atoms with Gasteiger partial charge >= 0.3 is 6.03 Å². The summed E-state index contributed by atoms with van der Waals surface area (Å²) in [5.41, 5.74) is 0.772. The molecule has 1 aromatic carbocycles. The van der Waals surface area contributed by atoms with E-state index in [0.717, 1.165) is 5.69 Å². The average molecular weight is 307 g/mol. The van der Waals surface area contributed by atoms with Gasteiger partial charge in [-0.2, -0.15) is 0 Å². The van der Waals surface area contributed by atoms with Gasteiger partial charge in [-0.15, -0.1) is 0 Å². The minimum absolute atomic E-state index is 0.0181. The van der Waals surface area contributed by atoms with Crippen molar-refractivity contribution in [2.45, 2.75) is 12.5 Å². The Hall–Kier alpha value is -2.28. The molecule has 0 saturated carbocycles. The first-order valence-electron chi connectivity index (χ1n) is 7.11. The first-order chi connectivity index (χ1) is 10.6. The lowest BCUT2D eigenvalue weighted by Gasteiger charge is -2.18. The summed E-state index contributed by atoms with van der Waals surface area (Å²) in [5, 5.41) is 5.47. The van der Waals surface area contributed by atoms with E-state index in [1.165, 1.54) is 0 Å². The maximum atomic E-state index is 12.1. The van der Waals surface area contributed by atoms with Crippen LogP contribution < -0.4 is 20.3 Å². The van der Waals surface area contributed by atoms with Gasteiger partial charge in [-0.25, -0.2) is 4.79 Å². The lowest BCUT2D eigenvalue weighted by Crippen LogP contribution is -2.44. The van der Waals surface area contributed by atoms with Crippen LogP contribution in [0.2, 0.25) is 0 Å². The van der Waals surface area contributed by atoms with Crippen LogP contribution in [0.25, 0.3) is 0 Å². The second-order valence-corrected chi connectivity index (χ2v) is 5.00. The molecule has 0 spiro atoms. The lowest BCUT2D eigenvalue weighted by molar-refractivity contribution is -0.117. The molecule has 22 heavy (non-hydrogen) atoms. The summed E-state index contributed by atoms with van der Waals surface area (Å²) >= 11 is 0. The molecule has 0 radical (unpaired) electrons. The second kappa shape index (κ2) is 7.65. The van der Waals surface area contributed by atoms with Gasteiger partial charge in [-0.1, -0.05) is 6.07 Å². The third-order valence-corrected chi connectivity index (χ3v) is 3.42. The predicted octanol–water partition coefficient (Wildman–Crippen LogP) is 0.746. The first-order valence-corrected chi connectivity index (χ1v) is 7.11. The van der Waals surface area contributed by atoms with Gasteiger partial charge in [0.15, 0.2) is 0 Å². The zero-order chi connectivity index (χ0) is 15.9. The number of amides is 3. The molecule has 1 atom stereocenters. The molecule has 0 bridgehead atoms. The van der Waals surface area contributed by atoms with E-state index in [0.29, 0.717) is 25.4 Å². The molecule has 120 valence electrons. The lowest BCUT2D eigenvalue weighted by atomic mass is 10.2. The Morgan fingerprint density at radius 2 is 2.23 bits per heavy atom. The molecule has 7 nitrogen and oxygen atoms in total. The second-order valence-electron chi connectivity index (χ2n) is 5.00. The maximum absolute atomic E-state index is 12.1. The summed E-state index contributed by atoms with van der Waals surface area (Å²) in [6.07, 6.45) is 0.287. The Kier molecular flexibility index (Phi) is 5.60. The van der Waals surface area contributed by atoms with Crippen molar-refractivity contribution in [2.24, 2.45) is 0 Å². The third-order valence-electron chi connectivity index (χ3n) is 3.42.